The molecule has 0 fully saturated rings. The van der Waals surface area contributed by atoms with Gasteiger partial charge < -0.3 is 15.7 Å². The molecule has 0 radical (unpaired) electrons. The highest BCUT2D eigenvalue weighted by Crippen LogP contribution is 2.19. The Morgan fingerprint density at radius 1 is 1.24 bits per heavy atom. The van der Waals surface area contributed by atoms with Gasteiger partial charge in [0.1, 0.15) is 0 Å². The van der Waals surface area contributed by atoms with Crippen LogP contribution in [0.1, 0.15) is 17.2 Å². The van der Waals surface area contributed by atoms with E-state index in [-0.39, 0.29) is 35.8 Å². The first-order valence-electron chi connectivity index (χ1n) is 8.73. The van der Waals surface area contributed by atoms with Crippen LogP contribution in [-0.2, 0) is 6.54 Å². The van der Waals surface area contributed by atoms with Gasteiger partial charge in [-0.25, -0.2) is 4.39 Å². The summed E-state index contributed by atoms with van der Waals surface area (Å²) in [6.07, 6.45) is 3.63. The van der Waals surface area contributed by atoms with E-state index in [1.165, 1.54) is 12.1 Å². The highest BCUT2D eigenvalue weighted by molar-refractivity contribution is 14.0. The van der Waals surface area contributed by atoms with Crippen LogP contribution in [0.2, 0.25) is 5.02 Å². The number of aromatic nitrogens is 2. The molecule has 1 heterocycles. The third-order valence-corrected chi connectivity index (χ3v) is 4.51. The van der Waals surface area contributed by atoms with Gasteiger partial charge in [0.15, 0.2) is 17.5 Å². The molecule has 3 aromatic rings. The van der Waals surface area contributed by atoms with Crippen LogP contribution in [0.4, 0.5) is 4.39 Å². The molecule has 0 saturated heterocycles. The van der Waals surface area contributed by atoms with Crippen molar-refractivity contribution in [2.75, 3.05) is 13.6 Å². The molecule has 0 saturated carbocycles. The molecule has 1 aromatic heterocycles. The topological polar surface area (TPSA) is 74.5 Å². The van der Waals surface area contributed by atoms with Crippen LogP contribution in [-0.4, -0.2) is 34.4 Å². The minimum absolute atomic E-state index is 0. The van der Waals surface area contributed by atoms with E-state index in [9.17, 15) is 9.50 Å². The van der Waals surface area contributed by atoms with Gasteiger partial charge in [0.2, 0.25) is 0 Å². The molecule has 9 heteroatoms. The molecule has 0 amide bonds. The van der Waals surface area contributed by atoms with Crippen molar-refractivity contribution in [3.8, 4) is 5.75 Å². The number of rotatable bonds is 6. The molecule has 0 bridgehead atoms. The summed E-state index contributed by atoms with van der Waals surface area (Å²) in [4.78, 5) is 4.20. The second-order valence-corrected chi connectivity index (χ2v) is 6.58. The van der Waals surface area contributed by atoms with Crippen molar-refractivity contribution >= 4 is 41.5 Å². The van der Waals surface area contributed by atoms with Gasteiger partial charge in [0, 0.05) is 37.6 Å². The molecule has 0 aliphatic carbocycles. The van der Waals surface area contributed by atoms with E-state index in [1.807, 2.05) is 41.2 Å². The second kappa shape index (κ2) is 11.0. The van der Waals surface area contributed by atoms with Gasteiger partial charge in [-0.05, 0) is 41.5 Å². The van der Waals surface area contributed by atoms with E-state index < -0.39 is 5.82 Å². The van der Waals surface area contributed by atoms with Crippen molar-refractivity contribution in [3.63, 3.8) is 0 Å². The third kappa shape index (κ3) is 6.33. The van der Waals surface area contributed by atoms with Crippen LogP contribution < -0.4 is 10.6 Å². The number of nitrogens with zero attached hydrogens (tertiary/aromatic N) is 3. The van der Waals surface area contributed by atoms with Crippen molar-refractivity contribution in [1.82, 2.24) is 20.4 Å². The zero-order valence-electron chi connectivity index (χ0n) is 15.7. The summed E-state index contributed by atoms with van der Waals surface area (Å²) in [7, 11) is 1.66. The Balaban J connectivity index is 0.00000300. The molecule has 0 aliphatic heterocycles. The van der Waals surface area contributed by atoms with Gasteiger partial charge in [-0.1, -0.05) is 29.8 Å². The number of aliphatic imine (C=N–C) groups is 1. The quantitative estimate of drug-likeness (QED) is 0.257. The Hall–Kier alpha value is -2.33. The number of benzene rings is 2. The van der Waals surface area contributed by atoms with E-state index in [0.29, 0.717) is 29.6 Å². The number of halogens is 3. The monoisotopic (exact) mass is 529 g/mol. The SMILES string of the molecule is CN=C(NCc1ccc(O)c(F)c1)NCC(c1ccc(Cl)cc1)n1cccn1.I. The lowest BCUT2D eigenvalue weighted by atomic mass is 10.1. The fraction of sp³-hybridized carbons (Fsp3) is 0.200. The summed E-state index contributed by atoms with van der Waals surface area (Å²) in [5.41, 5.74) is 1.75. The van der Waals surface area contributed by atoms with Crippen LogP contribution in [0, 0.1) is 5.82 Å². The zero-order valence-corrected chi connectivity index (χ0v) is 18.8. The summed E-state index contributed by atoms with van der Waals surface area (Å²) in [6.45, 7) is 0.900. The summed E-state index contributed by atoms with van der Waals surface area (Å²) in [5, 5.41) is 20.7. The molecular formula is C20H22ClFIN5O. The lowest BCUT2D eigenvalue weighted by Crippen LogP contribution is -2.40. The molecule has 3 rings (SSSR count). The molecule has 6 nitrogen and oxygen atoms in total. The predicted octanol–water partition coefficient (Wildman–Crippen LogP) is 3.95. The number of hydrogen-bond donors (Lipinski definition) is 3. The number of phenols is 1. The zero-order chi connectivity index (χ0) is 19.9. The molecule has 0 spiro atoms. The van der Waals surface area contributed by atoms with Gasteiger partial charge in [-0.15, -0.1) is 24.0 Å². The first-order valence-corrected chi connectivity index (χ1v) is 9.11. The van der Waals surface area contributed by atoms with Crippen molar-refractivity contribution in [2.24, 2.45) is 4.99 Å². The largest absolute Gasteiger partial charge is 0.505 e. The maximum absolute atomic E-state index is 13.5. The minimum Gasteiger partial charge on any atom is -0.505 e. The van der Waals surface area contributed by atoms with E-state index in [2.05, 4.69) is 20.7 Å². The van der Waals surface area contributed by atoms with Gasteiger partial charge in [-0.2, -0.15) is 5.10 Å². The molecule has 29 heavy (non-hydrogen) atoms. The van der Waals surface area contributed by atoms with Crippen molar-refractivity contribution in [3.05, 3.63) is 82.9 Å². The molecule has 1 unspecified atom stereocenters. The van der Waals surface area contributed by atoms with Crippen molar-refractivity contribution < 1.29 is 9.50 Å². The number of nitrogens with one attached hydrogen (secondary N) is 2. The Bertz CT molecular complexity index is 935. The van der Waals surface area contributed by atoms with E-state index in [0.717, 1.165) is 5.56 Å². The number of phenolic OH excluding ortho intramolecular Hbond substituents is 1. The standard InChI is InChI=1S/C20H21ClFN5O.HI/c1-23-20(24-12-14-3-8-19(28)17(22)11-14)25-13-18(27-10-2-9-26-27)15-4-6-16(21)7-5-15;/h2-11,18,28H,12-13H2,1H3,(H2,23,24,25);1H. The van der Waals surface area contributed by atoms with E-state index in [1.54, 1.807) is 19.3 Å². The lowest BCUT2D eigenvalue weighted by Gasteiger charge is -2.21. The summed E-state index contributed by atoms with van der Waals surface area (Å²) in [5.74, 6) is -0.445. The second-order valence-electron chi connectivity index (χ2n) is 6.15. The first-order chi connectivity index (χ1) is 13.6. The fourth-order valence-electron chi connectivity index (χ4n) is 2.77. The minimum atomic E-state index is -0.649. The normalized spacial score (nSPS) is 12.2. The van der Waals surface area contributed by atoms with E-state index >= 15 is 0 Å². The average Bonchev–Trinajstić information content (AvgIpc) is 3.23. The fourth-order valence-corrected chi connectivity index (χ4v) is 2.90. The average molecular weight is 530 g/mol. The molecule has 3 N–H and O–H groups in total. The Morgan fingerprint density at radius 3 is 2.62 bits per heavy atom. The van der Waals surface area contributed by atoms with Crippen LogP contribution >= 0.6 is 35.6 Å². The number of guanidine groups is 1. The first kappa shape index (κ1) is 23.0. The summed E-state index contributed by atoms with van der Waals surface area (Å²) in [6, 6.07) is 13.7. The number of aromatic hydroxyl groups is 1. The van der Waals surface area contributed by atoms with Gasteiger partial charge in [-0.3, -0.25) is 9.67 Å². The molecule has 0 aliphatic rings. The lowest BCUT2D eigenvalue weighted by molar-refractivity contribution is 0.431. The highest BCUT2D eigenvalue weighted by Gasteiger charge is 2.15. The molecular weight excluding hydrogens is 508 g/mol. The van der Waals surface area contributed by atoms with Gasteiger partial charge in [0.25, 0.3) is 0 Å². The summed E-state index contributed by atoms with van der Waals surface area (Å²) >= 11 is 6.00. The Kier molecular flexibility index (Phi) is 8.71. The maximum atomic E-state index is 13.5. The van der Waals surface area contributed by atoms with E-state index in [4.69, 9.17) is 11.6 Å². The Labute approximate surface area is 190 Å². The van der Waals surface area contributed by atoms with Crippen LogP contribution in [0.25, 0.3) is 0 Å². The maximum Gasteiger partial charge on any atom is 0.191 e. The predicted molar refractivity (Wildman–Crippen MR) is 123 cm³/mol. The van der Waals surface area contributed by atoms with Crippen LogP contribution in [0.15, 0.2) is 65.9 Å². The molecule has 154 valence electrons. The van der Waals surface area contributed by atoms with Crippen LogP contribution in [0.3, 0.4) is 0 Å². The smallest absolute Gasteiger partial charge is 0.191 e. The molecule has 1 atom stereocenters. The third-order valence-electron chi connectivity index (χ3n) is 4.26. The Morgan fingerprint density at radius 2 is 2.00 bits per heavy atom. The van der Waals surface area contributed by atoms with Gasteiger partial charge >= 0.3 is 0 Å². The van der Waals surface area contributed by atoms with Crippen molar-refractivity contribution in [2.45, 2.75) is 12.6 Å². The van der Waals surface area contributed by atoms with Crippen LogP contribution in [0.5, 0.6) is 5.75 Å². The summed E-state index contributed by atoms with van der Waals surface area (Å²) < 4.78 is 15.3. The highest BCUT2D eigenvalue weighted by atomic mass is 127. The van der Waals surface area contributed by atoms with Crippen molar-refractivity contribution in [1.29, 1.82) is 0 Å². The van der Waals surface area contributed by atoms with Gasteiger partial charge in [0.05, 0.1) is 6.04 Å². The molecule has 2 aromatic carbocycles. The number of hydrogen-bond acceptors (Lipinski definition) is 3.